The first kappa shape index (κ1) is 20.8. The molecule has 0 aromatic heterocycles. The number of hydrogen-bond acceptors (Lipinski definition) is 5. The molecule has 3 N–H and O–H groups in total. The molecule has 0 bridgehead atoms. The van der Waals surface area contributed by atoms with Crippen molar-refractivity contribution >= 4 is 21.9 Å². The third-order valence-corrected chi connectivity index (χ3v) is 3.23. The molecule has 7 heteroatoms. The molecule has 5 nitrogen and oxygen atoms in total. The van der Waals surface area contributed by atoms with Gasteiger partial charge >= 0.3 is 9.53 Å². The highest BCUT2D eigenvalue weighted by Crippen LogP contribution is 1.96. The van der Waals surface area contributed by atoms with Gasteiger partial charge in [0.2, 0.25) is 0 Å². The Morgan fingerprint density at radius 1 is 1.05 bits per heavy atom. The molecule has 0 radical (unpaired) electrons. The zero-order chi connectivity index (χ0) is 13.6. The molecule has 0 aliphatic rings. The predicted molar refractivity (Wildman–Crippen MR) is 82.6 cm³/mol. The normalized spacial score (nSPS) is 9.53. The summed E-state index contributed by atoms with van der Waals surface area (Å²) in [6.45, 7) is 2.50. The second-order valence-corrected chi connectivity index (χ2v) is 5.44. The van der Waals surface area contributed by atoms with Crippen LogP contribution in [0.4, 0.5) is 0 Å². The molecular weight excluding hydrogens is 284 g/mol. The summed E-state index contributed by atoms with van der Waals surface area (Å²) in [5.41, 5.74) is 6.64. The Hall–Kier alpha value is -0.473. The van der Waals surface area contributed by atoms with Crippen molar-refractivity contribution in [3.63, 3.8) is 0 Å². The Kier molecular flexibility index (Phi) is 17.1. The van der Waals surface area contributed by atoms with E-state index in [0.29, 0.717) is 6.54 Å². The van der Waals surface area contributed by atoms with Crippen LogP contribution in [0.2, 0.25) is 0 Å². The Bertz CT molecular complexity index is 271. The Morgan fingerprint density at radius 2 is 1.58 bits per heavy atom. The van der Waals surface area contributed by atoms with Crippen LogP contribution in [-0.2, 0) is 19.8 Å². The number of nitrogens with one attached hydrogen (secondary N) is 1. The second kappa shape index (κ2) is 15.6. The molecule has 0 aliphatic heterocycles. The molecule has 0 aliphatic carbocycles. The first-order valence-electron chi connectivity index (χ1n) is 5.81. The lowest BCUT2D eigenvalue weighted by molar-refractivity contribution is 0.163. The van der Waals surface area contributed by atoms with Crippen molar-refractivity contribution in [2.45, 2.75) is 6.54 Å². The summed E-state index contributed by atoms with van der Waals surface area (Å²) in [5, 5.41) is 3.23. The minimum absolute atomic E-state index is 0. The lowest BCUT2D eigenvalue weighted by Crippen LogP contribution is -2.21. The molecule has 19 heavy (non-hydrogen) atoms. The van der Waals surface area contributed by atoms with Crippen LogP contribution in [0.3, 0.4) is 0 Å². The van der Waals surface area contributed by atoms with Crippen LogP contribution in [0.15, 0.2) is 30.3 Å². The molecule has 112 valence electrons. The van der Waals surface area contributed by atoms with E-state index in [-0.39, 0.29) is 12.4 Å². The summed E-state index contributed by atoms with van der Waals surface area (Å²) in [7, 11) is 3.05. The number of nitrogens with two attached hydrogens (primary N) is 1. The molecule has 0 heterocycles. The monoisotopic (exact) mass is 308 g/mol. The van der Waals surface area contributed by atoms with Crippen LogP contribution < -0.4 is 11.1 Å². The van der Waals surface area contributed by atoms with Gasteiger partial charge in [0.1, 0.15) is 0 Å². The minimum Gasteiger partial charge on any atom is -0.379 e. The van der Waals surface area contributed by atoms with Crippen molar-refractivity contribution in [3.8, 4) is 0 Å². The molecule has 0 atom stereocenters. The van der Waals surface area contributed by atoms with Gasteiger partial charge in [-0.3, -0.25) is 0 Å². The van der Waals surface area contributed by atoms with Crippen molar-refractivity contribution < 1.29 is 13.3 Å². The van der Waals surface area contributed by atoms with Crippen molar-refractivity contribution in [2.24, 2.45) is 5.73 Å². The van der Waals surface area contributed by atoms with E-state index in [9.17, 15) is 0 Å². The van der Waals surface area contributed by atoms with Crippen molar-refractivity contribution in [3.05, 3.63) is 35.9 Å². The van der Waals surface area contributed by atoms with E-state index in [2.05, 4.69) is 17.4 Å². The molecule has 0 fully saturated rings. The Morgan fingerprint density at radius 3 is 1.95 bits per heavy atom. The lowest BCUT2D eigenvalue weighted by Gasteiger charge is -2.05. The van der Waals surface area contributed by atoms with Crippen LogP contribution >= 0.6 is 12.4 Å². The minimum atomic E-state index is -1.67. The van der Waals surface area contributed by atoms with E-state index in [1.165, 1.54) is 5.56 Å². The highest BCUT2D eigenvalue weighted by molar-refractivity contribution is 6.36. The van der Waals surface area contributed by atoms with E-state index in [0.717, 1.165) is 13.1 Å². The summed E-state index contributed by atoms with van der Waals surface area (Å²) >= 11 is 0. The summed E-state index contributed by atoms with van der Waals surface area (Å²) in [6.07, 6.45) is 0. The van der Waals surface area contributed by atoms with Gasteiger partial charge in [-0.05, 0) is 5.56 Å². The van der Waals surface area contributed by atoms with Crippen molar-refractivity contribution in [1.82, 2.24) is 5.32 Å². The van der Waals surface area contributed by atoms with Gasteiger partial charge < -0.3 is 24.3 Å². The second-order valence-electron chi connectivity index (χ2n) is 3.45. The number of benzene rings is 1. The first-order valence-corrected chi connectivity index (χ1v) is 7.23. The summed E-state index contributed by atoms with van der Waals surface area (Å²) in [5.74, 6) is 0. The van der Waals surface area contributed by atoms with Gasteiger partial charge in [0.25, 0.3) is 0 Å². The fourth-order valence-electron chi connectivity index (χ4n) is 1.22. The molecular formula is C12H25ClN2O3Si. The van der Waals surface area contributed by atoms with Crippen LogP contribution in [0.1, 0.15) is 5.56 Å². The van der Waals surface area contributed by atoms with Crippen molar-refractivity contribution in [2.75, 3.05) is 34.4 Å². The van der Waals surface area contributed by atoms with Crippen LogP contribution in [-0.4, -0.2) is 43.9 Å². The first-order chi connectivity index (χ1) is 8.78. The molecule has 1 rings (SSSR count). The summed E-state index contributed by atoms with van der Waals surface area (Å²) in [4.78, 5) is 0. The quantitative estimate of drug-likeness (QED) is 0.576. The Labute approximate surface area is 123 Å². The summed E-state index contributed by atoms with van der Waals surface area (Å²) in [6, 6.07) is 10.3. The molecule has 1 aromatic rings. The molecule has 0 amide bonds. The maximum Gasteiger partial charge on any atom is 0.483 e. The van der Waals surface area contributed by atoms with Gasteiger partial charge in [-0.2, -0.15) is 0 Å². The van der Waals surface area contributed by atoms with Gasteiger partial charge in [-0.15, -0.1) is 12.4 Å². The maximum absolute atomic E-state index is 5.33. The van der Waals surface area contributed by atoms with E-state index >= 15 is 0 Å². The van der Waals surface area contributed by atoms with Crippen molar-refractivity contribution in [1.29, 1.82) is 0 Å². The summed E-state index contributed by atoms with van der Waals surface area (Å²) < 4.78 is 14.2. The van der Waals surface area contributed by atoms with Gasteiger partial charge in [-0.1, -0.05) is 30.3 Å². The maximum atomic E-state index is 5.33. The standard InChI is InChI=1S/C9H14N2.C3H10O3Si.ClH/c10-6-7-11-8-9-4-2-1-3-5-9;1-4-7(5-2)6-3;/h1-5,11H,6-8,10H2;7H,1-3H3;1H. The average molecular weight is 309 g/mol. The molecule has 0 spiro atoms. The largest absolute Gasteiger partial charge is 0.483 e. The van der Waals surface area contributed by atoms with E-state index in [4.69, 9.17) is 19.0 Å². The number of hydrogen-bond donors (Lipinski definition) is 2. The zero-order valence-electron chi connectivity index (χ0n) is 11.8. The van der Waals surface area contributed by atoms with E-state index in [1.807, 2.05) is 18.2 Å². The number of rotatable bonds is 7. The molecule has 0 unspecified atom stereocenters. The van der Waals surface area contributed by atoms with E-state index in [1.54, 1.807) is 21.3 Å². The fraction of sp³-hybridized carbons (Fsp3) is 0.500. The topological polar surface area (TPSA) is 65.7 Å². The van der Waals surface area contributed by atoms with Gasteiger partial charge in [-0.25, -0.2) is 0 Å². The number of halogens is 1. The third-order valence-electron chi connectivity index (χ3n) is 2.07. The molecule has 0 saturated heterocycles. The highest BCUT2D eigenvalue weighted by atomic mass is 35.5. The molecule has 0 saturated carbocycles. The van der Waals surface area contributed by atoms with Crippen LogP contribution in [0.5, 0.6) is 0 Å². The van der Waals surface area contributed by atoms with Gasteiger partial charge in [0.15, 0.2) is 0 Å². The van der Waals surface area contributed by atoms with Gasteiger partial charge in [0.05, 0.1) is 0 Å². The lowest BCUT2D eigenvalue weighted by atomic mass is 10.2. The smallest absolute Gasteiger partial charge is 0.379 e. The third kappa shape index (κ3) is 12.3. The fourth-order valence-corrected chi connectivity index (χ4v) is 1.80. The highest BCUT2D eigenvalue weighted by Gasteiger charge is 2.04. The molecule has 1 aromatic carbocycles. The van der Waals surface area contributed by atoms with Gasteiger partial charge in [0, 0.05) is 41.0 Å². The van der Waals surface area contributed by atoms with Crippen LogP contribution in [0, 0.1) is 0 Å². The predicted octanol–water partition coefficient (Wildman–Crippen LogP) is 0.800. The Balaban J connectivity index is 0. The van der Waals surface area contributed by atoms with Crippen LogP contribution in [0.25, 0.3) is 0 Å². The van der Waals surface area contributed by atoms with E-state index < -0.39 is 9.53 Å². The SMILES string of the molecule is CO[SiH](OC)OC.Cl.NCCNCc1ccccc1. The zero-order valence-corrected chi connectivity index (χ0v) is 13.8. The average Bonchev–Trinajstić information content (AvgIpc) is 2.43.